The lowest BCUT2D eigenvalue weighted by Crippen LogP contribution is -2.47. The van der Waals surface area contributed by atoms with Crippen LogP contribution in [-0.2, 0) is 11.3 Å². The predicted octanol–water partition coefficient (Wildman–Crippen LogP) is 1.67. The van der Waals surface area contributed by atoms with E-state index in [9.17, 15) is 4.79 Å². The first-order valence-electron chi connectivity index (χ1n) is 6.24. The second kappa shape index (κ2) is 5.32. The van der Waals surface area contributed by atoms with Crippen LogP contribution in [0.25, 0.3) is 0 Å². The molecule has 3 nitrogen and oxygen atoms in total. The largest absolute Gasteiger partial charge is 0.355 e. The molecule has 92 valence electrons. The predicted molar refractivity (Wildman–Crippen MR) is 68.8 cm³/mol. The van der Waals surface area contributed by atoms with E-state index in [0.717, 1.165) is 25.9 Å². The van der Waals surface area contributed by atoms with Crippen molar-refractivity contribution in [1.82, 2.24) is 10.6 Å². The summed E-state index contributed by atoms with van der Waals surface area (Å²) in [5, 5.41) is 6.21. The third kappa shape index (κ3) is 3.07. The molecule has 1 aromatic rings. The quantitative estimate of drug-likeness (QED) is 0.832. The van der Waals surface area contributed by atoms with Crippen LogP contribution in [0.4, 0.5) is 0 Å². The number of rotatable bonds is 3. The van der Waals surface area contributed by atoms with Crippen LogP contribution in [0.3, 0.4) is 0 Å². The van der Waals surface area contributed by atoms with Crippen molar-refractivity contribution in [3.8, 4) is 0 Å². The fourth-order valence-electron chi connectivity index (χ4n) is 2.12. The molecule has 1 aliphatic heterocycles. The van der Waals surface area contributed by atoms with Crippen molar-refractivity contribution in [1.29, 1.82) is 0 Å². The first-order chi connectivity index (χ1) is 8.16. The molecule has 1 heterocycles. The minimum absolute atomic E-state index is 0.0228. The number of aryl methyl sites for hydroxylation is 2. The molecule has 1 saturated heterocycles. The van der Waals surface area contributed by atoms with Gasteiger partial charge in [-0.15, -0.1) is 0 Å². The van der Waals surface area contributed by atoms with Gasteiger partial charge in [0.15, 0.2) is 0 Å². The highest BCUT2D eigenvalue weighted by atomic mass is 16.2. The van der Waals surface area contributed by atoms with Gasteiger partial charge in [0.1, 0.15) is 0 Å². The standard InChI is InChI=1S/C14H20N2O/c1-10-5-6-12(8-11(10)2)9-16-13-4-3-7-15-14(13)17/h5-6,8,13,16H,3-4,7,9H2,1-2H3,(H,15,17). The summed E-state index contributed by atoms with van der Waals surface area (Å²) in [6.45, 7) is 5.81. The summed E-state index contributed by atoms with van der Waals surface area (Å²) >= 11 is 0. The molecule has 17 heavy (non-hydrogen) atoms. The van der Waals surface area contributed by atoms with E-state index in [1.165, 1.54) is 16.7 Å². The fraction of sp³-hybridized carbons (Fsp3) is 0.500. The van der Waals surface area contributed by atoms with Crippen molar-refractivity contribution in [2.75, 3.05) is 6.54 Å². The third-order valence-electron chi connectivity index (χ3n) is 3.41. The number of carbonyl (C=O) groups excluding carboxylic acids is 1. The van der Waals surface area contributed by atoms with Gasteiger partial charge >= 0.3 is 0 Å². The van der Waals surface area contributed by atoms with Gasteiger partial charge in [0.2, 0.25) is 5.91 Å². The average molecular weight is 232 g/mol. The molecular formula is C14H20N2O. The maximum absolute atomic E-state index is 11.6. The van der Waals surface area contributed by atoms with Crippen molar-refractivity contribution in [3.05, 3.63) is 34.9 Å². The van der Waals surface area contributed by atoms with Crippen molar-refractivity contribution >= 4 is 5.91 Å². The molecule has 1 aliphatic rings. The lowest BCUT2D eigenvalue weighted by molar-refractivity contribution is -0.124. The zero-order valence-electron chi connectivity index (χ0n) is 10.5. The fourth-order valence-corrected chi connectivity index (χ4v) is 2.12. The number of hydrogen-bond donors (Lipinski definition) is 2. The van der Waals surface area contributed by atoms with Gasteiger partial charge in [0.25, 0.3) is 0 Å². The maximum atomic E-state index is 11.6. The zero-order valence-corrected chi connectivity index (χ0v) is 10.5. The molecule has 0 radical (unpaired) electrons. The van der Waals surface area contributed by atoms with Gasteiger partial charge in [-0.25, -0.2) is 0 Å². The van der Waals surface area contributed by atoms with Crippen molar-refractivity contribution < 1.29 is 4.79 Å². The van der Waals surface area contributed by atoms with Crippen LogP contribution in [0, 0.1) is 13.8 Å². The van der Waals surface area contributed by atoms with Crippen LogP contribution in [0.5, 0.6) is 0 Å². The van der Waals surface area contributed by atoms with Gasteiger partial charge in [0.05, 0.1) is 6.04 Å². The van der Waals surface area contributed by atoms with Crippen LogP contribution >= 0.6 is 0 Å². The van der Waals surface area contributed by atoms with E-state index in [0.29, 0.717) is 0 Å². The van der Waals surface area contributed by atoms with E-state index in [1.54, 1.807) is 0 Å². The van der Waals surface area contributed by atoms with Crippen LogP contribution in [0.15, 0.2) is 18.2 Å². The first kappa shape index (κ1) is 12.1. The number of hydrogen-bond acceptors (Lipinski definition) is 2. The summed E-state index contributed by atoms with van der Waals surface area (Å²) in [6.07, 6.45) is 2.01. The number of carbonyl (C=O) groups is 1. The van der Waals surface area contributed by atoms with Gasteiger partial charge in [0, 0.05) is 13.1 Å². The summed E-state index contributed by atoms with van der Waals surface area (Å²) in [7, 11) is 0. The topological polar surface area (TPSA) is 41.1 Å². The van der Waals surface area contributed by atoms with E-state index in [-0.39, 0.29) is 11.9 Å². The monoisotopic (exact) mass is 232 g/mol. The van der Waals surface area contributed by atoms with E-state index in [1.807, 2.05) is 0 Å². The normalized spacial score (nSPS) is 20.1. The molecule has 2 N–H and O–H groups in total. The van der Waals surface area contributed by atoms with Crippen molar-refractivity contribution in [2.24, 2.45) is 0 Å². The summed E-state index contributed by atoms with van der Waals surface area (Å²) in [5.74, 6) is 0.139. The molecule has 0 aliphatic carbocycles. The second-order valence-corrected chi connectivity index (χ2v) is 4.79. The van der Waals surface area contributed by atoms with Crippen LogP contribution in [0.1, 0.15) is 29.5 Å². The van der Waals surface area contributed by atoms with Crippen LogP contribution in [0.2, 0.25) is 0 Å². The zero-order chi connectivity index (χ0) is 12.3. The Morgan fingerprint density at radius 3 is 2.88 bits per heavy atom. The molecule has 3 heteroatoms. The van der Waals surface area contributed by atoms with Crippen LogP contribution in [-0.4, -0.2) is 18.5 Å². The number of piperidine rings is 1. The van der Waals surface area contributed by atoms with Gasteiger partial charge in [-0.2, -0.15) is 0 Å². The molecular weight excluding hydrogens is 212 g/mol. The highest BCUT2D eigenvalue weighted by Gasteiger charge is 2.20. The SMILES string of the molecule is Cc1ccc(CNC2CCCNC2=O)cc1C. The Bertz CT molecular complexity index is 415. The van der Waals surface area contributed by atoms with Gasteiger partial charge < -0.3 is 10.6 Å². The summed E-state index contributed by atoms with van der Waals surface area (Å²) in [5.41, 5.74) is 3.85. The van der Waals surface area contributed by atoms with E-state index < -0.39 is 0 Å². The molecule has 1 unspecified atom stereocenters. The number of amides is 1. The maximum Gasteiger partial charge on any atom is 0.237 e. The highest BCUT2D eigenvalue weighted by molar-refractivity contribution is 5.82. The highest BCUT2D eigenvalue weighted by Crippen LogP contribution is 2.10. The molecule has 1 aromatic carbocycles. The lowest BCUT2D eigenvalue weighted by atomic mass is 10.0. The minimum Gasteiger partial charge on any atom is -0.355 e. The summed E-state index contributed by atoms with van der Waals surface area (Å²) in [4.78, 5) is 11.6. The third-order valence-corrected chi connectivity index (χ3v) is 3.41. The Kier molecular flexibility index (Phi) is 3.79. The number of nitrogens with one attached hydrogen (secondary N) is 2. The molecule has 1 atom stereocenters. The summed E-state index contributed by atoms with van der Waals surface area (Å²) < 4.78 is 0. The molecule has 1 fully saturated rings. The van der Waals surface area contributed by atoms with E-state index >= 15 is 0 Å². The second-order valence-electron chi connectivity index (χ2n) is 4.79. The first-order valence-corrected chi connectivity index (χ1v) is 6.24. The Labute approximate surface area is 103 Å². The van der Waals surface area contributed by atoms with Crippen molar-refractivity contribution in [2.45, 2.75) is 39.3 Å². The van der Waals surface area contributed by atoms with Gasteiger partial charge in [-0.1, -0.05) is 18.2 Å². The molecule has 2 rings (SSSR count). The van der Waals surface area contributed by atoms with E-state index in [4.69, 9.17) is 0 Å². The van der Waals surface area contributed by atoms with E-state index in [2.05, 4.69) is 42.7 Å². The van der Waals surface area contributed by atoms with Crippen molar-refractivity contribution in [3.63, 3.8) is 0 Å². The Morgan fingerprint density at radius 2 is 2.18 bits per heavy atom. The van der Waals surface area contributed by atoms with Gasteiger partial charge in [-0.3, -0.25) is 4.79 Å². The Morgan fingerprint density at radius 1 is 1.35 bits per heavy atom. The van der Waals surface area contributed by atoms with Gasteiger partial charge in [-0.05, 0) is 43.4 Å². The van der Waals surface area contributed by atoms with Crippen LogP contribution < -0.4 is 10.6 Å². The molecule has 0 aromatic heterocycles. The number of benzene rings is 1. The Hall–Kier alpha value is -1.35. The smallest absolute Gasteiger partial charge is 0.237 e. The average Bonchev–Trinajstić information content (AvgIpc) is 2.32. The molecule has 0 spiro atoms. The summed E-state index contributed by atoms with van der Waals surface area (Å²) in [6, 6.07) is 6.41. The Balaban J connectivity index is 1.92. The molecule has 0 bridgehead atoms. The lowest BCUT2D eigenvalue weighted by Gasteiger charge is -2.23. The minimum atomic E-state index is -0.0228. The molecule has 0 saturated carbocycles. The molecule has 1 amide bonds.